The van der Waals surface area contributed by atoms with Crippen molar-refractivity contribution in [3.63, 3.8) is 0 Å². The summed E-state index contributed by atoms with van der Waals surface area (Å²) in [5.41, 5.74) is 1.61. The number of aromatic amines is 1. The Hall–Kier alpha value is -3.09. The summed E-state index contributed by atoms with van der Waals surface area (Å²) >= 11 is 0. The van der Waals surface area contributed by atoms with E-state index in [0.29, 0.717) is 23.9 Å². The summed E-state index contributed by atoms with van der Waals surface area (Å²) in [7, 11) is 0. The van der Waals surface area contributed by atoms with Gasteiger partial charge in [0, 0.05) is 18.9 Å². The molecule has 0 bridgehead atoms. The van der Waals surface area contributed by atoms with Crippen molar-refractivity contribution in [2.75, 3.05) is 0 Å². The van der Waals surface area contributed by atoms with E-state index < -0.39 is 0 Å². The third-order valence-electron chi connectivity index (χ3n) is 2.98. The minimum atomic E-state index is -0.120. The quantitative estimate of drug-likeness (QED) is 0.735. The van der Waals surface area contributed by atoms with Gasteiger partial charge in [-0.1, -0.05) is 30.3 Å². The van der Waals surface area contributed by atoms with Gasteiger partial charge in [-0.05, 0) is 5.56 Å². The lowest BCUT2D eigenvalue weighted by Crippen LogP contribution is -2.24. The highest BCUT2D eigenvalue weighted by Gasteiger charge is 2.10. The van der Waals surface area contributed by atoms with Gasteiger partial charge >= 0.3 is 0 Å². The van der Waals surface area contributed by atoms with Gasteiger partial charge in [0.15, 0.2) is 0 Å². The number of carbonyl (C=O) groups is 1. The molecule has 2 heterocycles. The van der Waals surface area contributed by atoms with E-state index in [0.717, 1.165) is 5.56 Å². The first kappa shape index (κ1) is 13.9. The number of rotatable bonds is 5. The molecule has 0 aliphatic rings. The van der Waals surface area contributed by atoms with Gasteiger partial charge in [0.2, 0.25) is 11.7 Å². The Labute approximate surface area is 126 Å². The van der Waals surface area contributed by atoms with Crippen molar-refractivity contribution >= 4 is 5.91 Å². The summed E-state index contributed by atoms with van der Waals surface area (Å²) in [6, 6.07) is 9.73. The third-order valence-corrected chi connectivity index (χ3v) is 2.98. The highest BCUT2D eigenvalue weighted by molar-refractivity contribution is 5.77. The molecular weight excluding hydrogens is 280 g/mol. The van der Waals surface area contributed by atoms with E-state index >= 15 is 0 Å². The van der Waals surface area contributed by atoms with Crippen LogP contribution in [0, 0.1) is 0 Å². The second-order valence-corrected chi connectivity index (χ2v) is 4.64. The van der Waals surface area contributed by atoms with Crippen molar-refractivity contribution in [1.82, 2.24) is 30.5 Å². The Kier molecular flexibility index (Phi) is 4.15. The van der Waals surface area contributed by atoms with Crippen LogP contribution in [-0.2, 0) is 17.8 Å². The Morgan fingerprint density at radius 3 is 2.82 bits per heavy atom. The number of nitrogens with zero attached hydrogens (tertiary/aromatic N) is 4. The van der Waals surface area contributed by atoms with Crippen LogP contribution < -0.4 is 5.32 Å². The maximum Gasteiger partial charge on any atom is 0.227 e. The maximum absolute atomic E-state index is 11.9. The lowest BCUT2D eigenvalue weighted by molar-refractivity contribution is -0.120. The van der Waals surface area contributed by atoms with Crippen LogP contribution in [-0.4, -0.2) is 31.1 Å². The number of hydrogen-bond donors (Lipinski definition) is 2. The second-order valence-electron chi connectivity index (χ2n) is 4.64. The number of amides is 1. The minimum absolute atomic E-state index is 0.120. The third kappa shape index (κ3) is 3.51. The molecule has 2 N–H and O–H groups in total. The van der Waals surface area contributed by atoms with Crippen LogP contribution in [0.3, 0.4) is 0 Å². The van der Waals surface area contributed by atoms with E-state index in [-0.39, 0.29) is 12.3 Å². The summed E-state index contributed by atoms with van der Waals surface area (Å²) in [4.78, 5) is 24.2. The molecule has 0 radical (unpaired) electrons. The fourth-order valence-electron chi connectivity index (χ4n) is 1.91. The first-order valence-corrected chi connectivity index (χ1v) is 6.79. The molecule has 0 aliphatic carbocycles. The van der Waals surface area contributed by atoms with Crippen molar-refractivity contribution in [3.05, 3.63) is 60.3 Å². The molecule has 0 aliphatic heterocycles. The van der Waals surface area contributed by atoms with Gasteiger partial charge in [0.1, 0.15) is 11.5 Å². The van der Waals surface area contributed by atoms with Crippen LogP contribution in [0.2, 0.25) is 0 Å². The Balaban J connectivity index is 1.57. The summed E-state index contributed by atoms with van der Waals surface area (Å²) in [5.74, 6) is 0.802. The normalized spacial score (nSPS) is 10.4. The zero-order chi connectivity index (χ0) is 15.2. The molecule has 7 heteroatoms. The number of benzene rings is 1. The molecule has 22 heavy (non-hydrogen) atoms. The molecule has 0 spiro atoms. The van der Waals surface area contributed by atoms with Crippen molar-refractivity contribution in [2.45, 2.75) is 13.0 Å². The van der Waals surface area contributed by atoms with Gasteiger partial charge in [0.05, 0.1) is 12.6 Å². The fourth-order valence-corrected chi connectivity index (χ4v) is 1.91. The average molecular weight is 294 g/mol. The van der Waals surface area contributed by atoms with Gasteiger partial charge in [-0.3, -0.25) is 14.9 Å². The molecule has 1 aromatic carbocycles. The summed E-state index contributed by atoms with van der Waals surface area (Å²) in [6.45, 7) is 0.491. The van der Waals surface area contributed by atoms with Crippen LogP contribution in [0.25, 0.3) is 11.5 Å². The lowest BCUT2D eigenvalue weighted by Gasteiger charge is -2.03. The zero-order valence-electron chi connectivity index (χ0n) is 11.7. The molecule has 3 aromatic rings. The van der Waals surface area contributed by atoms with E-state index in [4.69, 9.17) is 0 Å². The number of carbonyl (C=O) groups excluding carboxylic acids is 1. The monoisotopic (exact) mass is 294 g/mol. The van der Waals surface area contributed by atoms with Gasteiger partial charge in [-0.15, -0.1) is 0 Å². The molecule has 1 amide bonds. The van der Waals surface area contributed by atoms with Gasteiger partial charge in [-0.2, -0.15) is 5.10 Å². The van der Waals surface area contributed by atoms with E-state index in [9.17, 15) is 4.79 Å². The van der Waals surface area contributed by atoms with Gasteiger partial charge in [-0.25, -0.2) is 9.97 Å². The SMILES string of the molecule is O=C(Cc1nc(-c2cnccn2)n[nH]1)NCc1ccccc1. The largest absolute Gasteiger partial charge is 0.352 e. The number of nitrogens with one attached hydrogen (secondary N) is 2. The summed E-state index contributed by atoms with van der Waals surface area (Å²) in [5, 5.41) is 9.62. The molecule has 0 atom stereocenters. The van der Waals surface area contributed by atoms with E-state index in [1.807, 2.05) is 30.3 Å². The van der Waals surface area contributed by atoms with Crippen LogP contribution >= 0.6 is 0 Å². The van der Waals surface area contributed by atoms with E-state index in [1.165, 1.54) is 0 Å². The first-order valence-electron chi connectivity index (χ1n) is 6.79. The van der Waals surface area contributed by atoms with E-state index in [2.05, 4.69) is 30.5 Å². The van der Waals surface area contributed by atoms with Crippen molar-refractivity contribution < 1.29 is 4.79 Å². The minimum Gasteiger partial charge on any atom is -0.352 e. The van der Waals surface area contributed by atoms with Crippen LogP contribution in [0.4, 0.5) is 0 Å². The Bertz CT molecular complexity index is 741. The molecule has 0 fully saturated rings. The fraction of sp³-hybridized carbons (Fsp3) is 0.133. The zero-order valence-corrected chi connectivity index (χ0v) is 11.7. The Morgan fingerprint density at radius 1 is 1.18 bits per heavy atom. The van der Waals surface area contributed by atoms with Crippen LogP contribution in [0.5, 0.6) is 0 Å². The highest BCUT2D eigenvalue weighted by Crippen LogP contribution is 2.08. The highest BCUT2D eigenvalue weighted by atomic mass is 16.1. The maximum atomic E-state index is 11.9. The smallest absolute Gasteiger partial charge is 0.227 e. The Morgan fingerprint density at radius 2 is 2.05 bits per heavy atom. The number of H-pyrrole nitrogens is 1. The van der Waals surface area contributed by atoms with Gasteiger partial charge in [0.25, 0.3) is 0 Å². The summed E-state index contributed by atoms with van der Waals surface area (Å²) in [6.07, 6.45) is 4.86. The molecule has 0 saturated carbocycles. The molecule has 110 valence electrons. The topological polar surface area (TPSA) is 96.4 Å². The molecular formula is C15H14N6O. The molecule has 7 nitrogen and oxygen atoms in total. The predicted molar refractivity (Wildman–Crippen MR) is 79.4 cm³/mol. The molecule has 2 aromatic heterocycles. The number of hydrogen-bond acceptors (Lipinski definition) is 5. The first-order chi connectivity index (χ1) is 10.8. The molecule has 3 rings (SSSR count). The van der Waals surface area contributed by atoms with Crippen molar-refractivity contribution in [3.8, 4) is 11.5 Å². The molecule has 0 saturated heterocycles. The van der Waals surface area contributed by atoms with Crippen molar-refractivity contribution in [1.29, 1.82) is 0 Å². The van der Waals surface area contributed by atoms with Crippen LogP contribution in [0.15, 0.2) is 48.9 Å². The second kappa shape index (κ2) is 6.57. The van der Waals surface area contributed by atoms with E-state index in [1.54, 1.807) is 18.6 Å². The number of aromatic nitrogens is 5. The van der Waals surface area contributed by atoms with Gasteiger partial charge < -0.3 is 5.32 Å². The summed E-state index contributed by atoms with van der Waals surface area (Å²) < 4.78 is 0. The average Bonchev–Trinajstić information content (AvgIpc) is 3.03. The van der Waals surface area contributed by atoms with Crippen molar-refractivity contribution in [2.24, 2.45) is 0 Å². The molecule has 0 unspecified atom stereocenters. The van der Waals surface area contributed by atoms with Crippen LogP contribution in [0.1, 0.15) is 11.4 Å². The standard InChI is InChI=1S/C15H14N6O/c22-14(18-9-11-4-2-1-3-5-11)8-13-19-15(21-20-13)12-10-16-6-7-17-12/h1-7,10H,8-9H2,(H,18,22)(H,19,20,21). The predicted octanol–water partition coefficient (Wildman–Crippen LogP) is 1.12. The lowest BCUT2D eigenvalue weighted by atomic mass is 10.2.